The van der Waals surface area contributed by atoms with E-state index in [1.54, 1.807) is 0 Å². The topological polar surface area (TPSA) is 26.3 Å². The molecule has 2 nitrogen and oxygen atoms in total. The summed E-state index contributed by atoms with van der Waals surface area (Å²) in [5.74, 6) is 0.837. The van der Waals surface area contributed by atoms with Crippen molar-refractivity contribution in [3.63, 3.8) is 0 Å². The molecular weight excluding hydrogens is 212 g/mol. The predicted octanol–water partition coefficient (Wildman–Crippen LogP) is 3.02. The average Bonchev–Trinajstić information content (AvgIpc) is 2.75. The predicted molar refractivity (Wildman–Crippen MR) is 66.2 cm³/mol. The van der Waals surface area contributed by atoms with Crippen LogP contribution in [0.3, 0.4) is 0 Å². The lowest BCUT2D eigenvalue weighted by Crippen LogP contribution is -2.29. The van der Waals surface area contributed by atoms with Gasteiger partial charge < -0.3 is 4.74 Å². The number of carbonyl (C=O) groups excluding carboxylic acids is 1. The first-order chi connectivity index (χ1) is 8.09. The molecule has 0 radical (unpaired) electrons. The highest BCUT2D eigenvalue weighted by Crippen LogP contribution is 2.49. The molecule has 0 aromatic rings. The third kappa shape index (κ3) is 1.43. The van der Waals surface area contributed by atoms with Crippen LogP contribution in [0.2, 0.25) is 0 Å². The molecule has 2 fully saturated rings. The average molecular weight is 230 g/mol. The second kappa shape index (κ2) is 3.59. The second-order valence-electron chi connectivity index (χ2n) is 5.51. The number of carbonyl (C=O) groups is 1. The van der Waals surface area contributed by atoms with Gasteiger partial charge in [-0.25, -0.2) is 4.79 Å². The van der Waals surface area contributed by atoms with Gasteiger partial charge in [0.05, 0.1) is 0 Å². The molecule has 0 aromatic carbocycles. The van der Waals surface area contributed by atoms with Crippen LogP contribution in [0.15, 0.2) is 36.0 Å². The minimum atomic E-state index is -0.189. The Morgan fingerprint density at radius 1 is 1.35 bits per heavy atom. The molecular formula is C15H18O2. The van der Waals surface area contributed by atoms with Crippen LogP contribution in [0.25, 0.3) is 0 Å². The summed E-state index contributed by atoms with van der Waals surface area (Å²) in [7, 11) is 0. The molecule has 4 atom stereocenters. The maximum Gasteiger partial charge on any atom is 0.334 e. The summed E-state index contributed by atoms with van der Waals surface area (Å²) < 4.78 is 5.57. The first-order valence-electron chi connectivity index (χ1n) is 6.33. The molecule has 3 rings (SSSR count). The Bertz CT molecular complexity index is 444. The van der Waals surface area contributed by atoms with Crippen molar-refractivity contribution in [2.24, 2.45) is 17.8 Å². The van der Waals surface area contributed by atoms with E-state index >= 15 is 0 Å². The van der Waals surface area contributed by atoms with Gasteiger partial charge in [0, 0.05) is 17.4 Å². The number of hydrogen-bond acceptors (Lipinski definition) is 2. The molecule has 0 spiro atoms. The Morgan fingerprint density at radius 2 is 2.12 bits per heavy atom. The van der Waals surface area contributed by atoms with Gasteiger partial charge in [0.1, 0.15) is 6.10 Å². The SMILES string of the molecule is C=C1CC[C@H]2C(=C)C(=O)OC2C2C(C)=CCC12. The van der Waals surface area contributed by atoms with Crippen molar-refractivity contribution in [1.29, 1.82) is 0 Å². The Balaban J connectivity index is 2.00. The third-order valence-corrected chi connectivity index (χ3v) is 4.66. The van der Waals surface area contributed by atoms with E-state index in [1.165, 1.54) is 11.1 Å². The van der Waals surface area contributed by atoms with Crippen molar-refractivity contribution in [2.45, 2.75) is 32.3 Å². The van der Waals surface area contributed by atoms with Gasteiger partial charge in [-0.2, -0.15) is 0 Å². The molecule has 3 unspecified atom stereocenters. The van der Waals surface area contributed by atoms with Gasteiger partial charge in [-0.1, -0.05) is 30.4 Å². The lowest BCUT2D eigenvalue weighted by molar-refractivity contribution is -0.141. The van der Waals surface area contributed by atoms with Gasteiger partial charge in [0.2, 0.25) is 0 Å². The summed E-state index contributed by atoms with van der Waals surface area (Å²) in [4.78, 5) is 11.7. The van der Waals surface area contributed by atoms with Crippen LogP contribution in [-0.4, -0.2) is 12.1 Å². The zero-order valence-corrected chi connectivity index (χ0v) is 10.2. The standard InChI is InChI=1S/C15H18O2/c1-8-4-7-12-10(3)15(16)17-14(12)13-9(2)5-6-11(8)13/h5,11-14H,1,3-4,6-7H2,2H3/t11?,12-,13?,14?/m0/s1. The summed E-state index contributed by atoms with van der Waals surface area (Å²) in [5, 5.41) is 0. The molecule has 1 heterocycles. The maximum atomic E-state index is 11.7. The molecule has 17 heavy (non-hydrogen) atoms. The van der Waals surface area contributed by atoms with Gasteiger partial charge in [-0.15, -0.1) is 0 Å². The molecule has 1 saturated heterocycles. The number of ether oxygens (including phenoxy) is 1. The van der Waals surface area contributed by atoms with E-state index in [-0.39, 0.29) is 18.0 Å². The third-order valence-electron chi connectivity index (χ3n) is 4.66. The van der Waals surface area contributed by atoms with E-state index in [0.717, 1.165) is 19.3 Å². The fourth-order valence-electron chi connectivity index (χ4n) is 3.64. The van der Waals surface area contributed by atoms with Crippen molar-refractivity contribution in [2.75, 3.05) is 0 Å². The quantitative estimate of drug-likeness (QED) is 0.363. The fourth-order valence-corrected chi connectivity index (χ4v) is 3.64. The monoisotopic (exact) mass is 230 g/mol. The number of esters is 1. The van der Waals surface area contributed by atoms with E-state index in [0.29, 0.717) is 17.4 Å². The summed E-state index contributed by atoms with van der Waals surface area (Å²) in [6, 6.07) is 0. The van der Waals surface area contributed by atoms with Crippen LogP contribution in [-0.2, 0) is 9.53 Å². The summed E-state index contributed by atoms with van der Waals surface area (Å²) in [6.45, 7) is 10.3. The maximum absolute atomic E-state index is 11.7. The van der Waals surface area contributed by atoms with Crippen molar-refractivity contribution in [3.8, 4) is 0 Å². The Labute approximate surface area is 102 Å². The Hall–Kier alpha value is -1.31. The number of rotatable bonds is 0. The number of allylic oxidation sites excluding steroid dienone is 2. The van der Waals surface area contributed by atoms with Crippen LogP contribution in [0.5, 0.6) is 0 Å². The molecule has 0 amide bonds. The molecule has 0 N–H and O–H groups in total. The highest BCUT2D eigenvalue weighted by Gasteiger charge is 2.49. The van der Waals surface area contributed by atoms with Crippen LogP contribution in [0.4, 0.5) is 0 Å². The lowest BCUT2D eigenvalue weighted by Gasteiger charge is -2.27. The second-order valence-corrected chi connectivity index (χ2v) is 5.51. The first-order valence-corrected chi connectivity index (χ1v) is 6.33. The van der Waals surface area contributed by atoms with Crippen LogP contribution in [0, 0.1) is 17.8 Å². The number of hydrogen-bond donors (Lipinski definition) is 0. The van der Waals surface area contributed by atoms with Crippen molar-refractivity contribution in [3.05, 3.63) is 36.0 Å². The molecule has 90 valence electrons. The van der Waals surface area contributed by atoms with Crippen LogP contribution >= 0.6 is 0 Å². The van der Waals surface area contributed by atoms with E-state index in [9.17, 15) is 4.79 Å². The van der Waals surface area contributed by atoms with Gasteiger partial charge in [0.25, 0.3) is 0 Å². The molecule has 0 bridgehead atoms. The Morgan fingerprint density at radius 3 is 2.88 bits per heavy atom. The van der Waals surface area contributed by atoms with Crippen LogP contribution < -0.4 is 0 Å². The molecule has 0 aromatic heterocycles. The summed E-state index contributed by atoms with van der Waals surface area (Å²) in [6.07, 6.45) is 5.31. The molecule has 2 aliphatic carbocycles. The number of fused-ring (bicyclic) bond motifs is 3. The summed E-state index contributed by atoms with van der Waals surface area (Å²) in [5.41, 5.74) is 3.35. The van der Waals surface area contributed by atoms with Crippen molar-refractivity contribution in [1.82, 2.24) is 0 Å². The highest BCUT2D eigenvalue weighted by atomic mass is 16.6. The van der Waals surface area contributed by atoms with Gasteiger partial charge in [-0.3, -0.25) is 0 Å². The van der Waals surface area contributed by atoms with Gasteiger partial charge in [-0.05, 0) is 32.1 Å². The summed E-state index contributed by atoms with van der Waals surface area (Å²) >= 11 is 0. The zero-order chi connectivity index (χ0) is 12.2. The molecule has 1 saturated carbocycles. The largest absolute Gasteiger partial charge is 0.458 e. The lowest BCUT2D eigenvalue weighted by atomic mass is 9.80. The minimum Gasteiger partial charge on any atom is -0.458 e. The molecule has 1 aliphatic heterocycles. The van der Waals surface area contributed by atoms with Crippen LogP contribution in [0.1, 0.15) is 26.2 Å². The van der Waals surface area contributed by atoms with E-state index < -0.39 is 0 Å². The van der Waals surface area contributed by atoms with E-state index in [4.69, 9.17) is 4.74 Å². The highest BCUT2D eigenvalue weighted by molar-refractivity contribution is 5.91. The van der Waals surface area contributed by atoms with Gasteiger partial charge in [0.15, 0.2) is 0 Å². The van der Waals surface area contributed by atoms with Crippen molar-refractivity contribution >= 4 is 5.97 Å². The molecule has 2 heteroatoms. The minimum absolute atomic E-state index is 0.0120. The normalized spacial score (nSPS) is 40.5. The molecule has 3 aliphatic rings. The van der Waals surface area contributed by atoms with E-state index in [1.807, 2.05) is 0 Å². The fraction of sp³-hybridized carbons (Fsp3) is 0.533. The smallest absolute Gasteiger partial charge is 0.334 e. The van der Waals surface area contributed by atoms with E-state index in [2.05, 4.69) is 26.2 Å². The van der Waals surface area contributed by atoms with Crippen molar-refractivity contribution < 1.29 is 9.53 Å². The Kier molecular flexibility index (Phi) is 2.29. The zero-order valence-electron chi connectivity index (χ0n) is 10.2. The first kappa shape index (κ1) is 10.8. The van der Waals surface area contributed by atoms with Gasteiger partial charge >= 0.3 is 5.97 Å².